The molecule has 2 aromatic carbocycles. The van der Waals surface area contributed by atoms with Crippen molar-refractivity contribution < 1.29 is 18.7 Å². The van der Waals surface area contributed by atoms with Gasteiger partial charge in [0.25, 0.3) is 5.91 Å². The first-order valence-corrected chi connectivity index (χ1v) is 8.72. The summed E-state index contributed by atoms with van der Waals surface area (Å²) in [7, 11) is 0. The Hall–Kier alpha value is -2.38. The van der Waals surface area contributed by atoms with E-state index in [0.29, 0.717) is 27.3 Å². The van der Waals surface area contributed by atoms with Gasteiger partial charge in [-0.05, 0) is 41.5 Å². The Labute approximate surface area is 153 Å². The maximum absolute atomic E-state index is 13.0. The summed E-state index contributed by atoms with van der Waals surface area (Å²) in [5.74, 6) is 0.894. The van der Waals surface area contributed by atoms with Crippen molar-refractivity contribution in [3.8, 4) is 11.5 Å². The summed E-state index contributed by atoms with van der Waals surface area (Å²) >= 11 is 6.58. The number of carbonyl (C=O) groups is 1. The zero-order valence-corrected chi connectivity index (χ0v) is 14.5. The molecule has 0 aromatic heterocycles. The molecule has 0 unspecified atom stereocenters. The van der Waals surface area contributed by atoms with Crippen molar-refractivity contribution >= 4 is 40.3 Å². The third-order valence-corrected chi connectivity index (χ3v) is 5.20. The number of carbonyl (C=O) groups excluding carboxylic acids is 1. The van der Waals surface area contributed by atoms with E-state index in [1.54, 1.807) is 18.2 Å². The highest BCUT2D eigenvalue weighted by Crippen LogP contribution is 2.36. The summed E-state index contributed by atoms with van der Waals surface area (Å²) in [6, 6.07) is 11.5. The monoisotopic (exact) mass is 373 g/mol. The number of fused-ring (bicyclic) bond motifs is 1. The topological polar surface area (TPSA) is 38.8 Å². The van der Waals surface area contributed by atoms with E-state index in [2.05, 4.69) is 0 Å². The Morgan fingerprint density at radius 1 is 1.16 bits per heavy atom. The van der Waals surface area contributed by atoms with Crippen LogP contribution < -0.4 is 9.47 Å². The average Bonchev–Trinajstić information content (AvgIpc) is 3.16. The van der Waals surface area contributed by atoms with E-state index in [1.807, 2.05) is 18.2 Å². The lowest BCUT2D eigenvalue weighted by Gasteiger charge is -2.14. The number of nitrogens with zero attached hydrogens (tertiary/aromatic N) is 1. The summed E-state index contributed by atoms with van der Waals surface area (Å²) < 4.78 is 24.1. The zero-order valence-electron chi connectivity index (χ0n) is 12.9. The van der Waals surface area contributed by atoms with Crippen molar-refractivity contribution in [3.05, 3.63) is 64.3 Å². The van der Waals surface area contributed by atoms with E-state index in [1.165, 1.54) is 28.8 Å². The van der Waals surface area contributed by atoms with Gasteiger partial charge in [0.2, 0.25) is 6.79 Å². The Morgan fingerprint density at radius 3 is 2.72 bits per heavy atom. The molecule has 0 bridgehead atoms. The highest BCUT2D eigenvalue weighted by Gasteiger charge is 2.32. The van der Waals surface area contributed by atoms with Crippen molar-refractivity contribution in [1.29, 1.82) is 0 Å². The molecule has 2 aromatic rings. The van der Waals surface area contributed by atoms with Crippen LogP contribution in [-0.2, 0) is 11.3 Å². The van der Waals surface area contributed by atoms with Crippen molar-refractivity contribution in [1.82, 2.24) is 4.90 Å². The van der Waals surface area contributed by atoms with E-state index in [4.69, 9.17) is 21.7 Å². The molecule has 25 heavy (non-hydrogen) atoms. The smallest absolute Gasteiger partial charge is 0.266 e. The SMILES string of the molecule is O=C1C(=Cc2ccc3c(c2)OCO3)SC(=S)N1Cc1ccc(F)cc1. The van der Waals surface area contributed by atoms with Crippen LogP contribution in [0.1, 0.15) is 11.1 Å². The molecule has 2 aliphatic heterocycles. The van der Waals surface area contributed by atoms with Gasteiger partial charge < -0.3 is 9.47 Å². The number of hydrogen-bond acceptors (Lipinski definition) is 5. The lowest BCUT2D eigenvalue weighted by atomic mass is 10.2. The van der Waals surface area contributed by atoms with E-state index < -0.39 is 0 Å². The molecule has 126 valence electrons. The molecule has 1 saturated heterocycles. The maximum Gasteiger partial charge on any atom is 0.266 e. The minimum absolute atomic E-state index is 0.156. The fourth-order valence-corrected chi connectivity index (χ4v) is 3.82. The summed E-state index contributed by atoms with van der Waals surface area (Å²) in [4.78, 5) is 14.7. The number of thioether (sulfide) groups is 1. The number of ether oxygens (including phenoxy) is 2. The van der Waals surface area contributed by atoms with Gasteiger partial charge in [0.05, 0.1) is 11.4 Å². The predicted molar refractivity (Wildman–Crippen MR) is 97.7 cm³/mol. The zero-order chi connectivity index (χ0) is 17.4. The van der Waals surface area contributed by atoms with E-state index in [0.717, 1.165) is 11.1 Å². The number of halogens is 1. The summed E-state index contributed by atoms with van der Waals surface area (Å²) in [5.41, 5.74) is 1.66. The second-order valence-corrected chi connectivity index (χ2v) is 7.18. The van der Waals surface area contributed by atoms with Crippen LogP contribution >= 0.6 is 24.0 Å². The lowest BCUT2D eigenvalue weighted by Crippen LogP contribution is -2.27. The highest BCUT2D eigenvalue weighted by molar-refractivity contribution is 8.26. The minimum atomic E-state index is -0.308. The van der Waals surface area contributed by atoms with Crippen LogP contribution in [0.15, 0.2) is 47.4 Å². The normalized spacial score (nSPS) is 17.6. The summed E-state index contributed by atoms with van der Waals surface area (Å²) in [5, 5.41) is 0. The van der Waals surface area contributed by atoms with Gasteiger partial charge in [-0.25, -0.2) is 4.39 Å². The number of benzene rings is 2. The van der Waals surface area contributed by atoms with Gasteiger partial charge >= 0.3 is 0 Å². The Kier molecular flexibility index (Phi) is 4.19. The number of rotatable bonds is 3. The number of thiocarbonyl (C=S) groups is 1. The molecule has 4 rings (SSSR count). The molecule has 0 saturated carbocycles. The van der Waals surface area contributed by atoms with Crippen LogP contribution in [0.4, 0.5) is 4.39 Å². The van der Waals surface area contributed by atoms with Crippen LogP contribution in [-0.4, -0.2) is 21.9 Å². The van der Waals surface area contributed by atoms with Gasteiger partial charge in [-0.3, -0.25) is 9.69 Å². The van der Waals surface area contributed by atoms with Gasteiger partial charge in [-0.1, -0.05) is 42.2 Å². The van der Waals surface area contributed by atoms with Gasteiger partial charge in [0.15, 0.2) is 11.5 Å². The molecular weight excluding hydrogens is 361 g/mol. The second-order valence-electron chi connectivity index (χ2n) is 5.51. The quantitative estimate of drug-likeness (QED) is 0.602. The molecule has 2 heterocycles. The summed E-state index contributed by atoms with van der Waals surface area (Å²) in [6.07, 6.45) is 1.78. The number of amides is 1. The highest BCUT2D eigenvalue weighted by atomic mass is 32.2. The van der Waals surface area contributed by atoms with Crippen LogP contribution in [0.3, 0.4) is 0 Å². The van der Waals surface area contributed by atoms with Gasteiger partial charge in [-0.15, -0.1) is 0 Å². The molecule has 0 spiro atoms. The van der Waals surface area contributed by atoms with Gasteiger partial charge in [-0.2, -0.15) is 0 Å². The van der Waals surface area contributed by atoms with Gasteiger partial charge in [0.1, 0.15) is 10.1 Å². The molecule has 1 amide bonds. The van der Waals surface area contributed by atoms with E-state index in [-0.39, 0.29) is 18.5 Å². The molecule has 0 atom stereocenters. The third kappa shape index (κ3) is 3.25. The molecular formula is C18H12FNO3S2. The first-order chi connectivity index (χ1) is 12.1. The van der Waals surface area contributed by atoms with Crippen LogP contribution in [0.2, 0.25) is 0 Å². The lowest BCUT2D eigenvalue weighted by molar-refractivity contribution is -0.122. The van der Waals surface area contributed by atoms with E-state index >= 15 is 0 Å². The maximum atomic E-state index is 13.0. The Bertz CT molecular complexity index is 896. The molecule has 4 nitrogen and oxygen atoms in total. The van der Waals surface area contributed by atoms with Gasteiger partial charge in [0, 0.05) is 0 Å². The fraction of sp³-hybridized carbons (Fsp3) is 0.111. The van der Waals surface area contributed by atoms with Crippen molar-refractivity contribution in [2.45, 2.75) is 6.54 Å². The first-order valence-electron chi connectivity index (χ1n) is 7.49. The third-order valence-electron chi connectivity index (χ3n) is 3.82. The molecule has 0 aliphatic carbocycles. The molecule has 7 heteroatoms. The Morgan fingerprint density at radius 2 is 1.92 bits per heavy atom. The van der Waals surface area contributed by atoms with E-state index in [9.17, 15) is 9.18 Å². The standard InChI is InChI=1S/C18H12FNO3S2/c19-13-4-1-11(2-5-13)9-20-17(21)16(25-18(20)24)8-12-3-6-14-15(7-12)23-10-22-14/h1-8H,9-10H2. The molecule has 0 radical (unpaired) electrons. The van der Waals surface area contributed by atoms with Crippen molar-refractivity contribution in [3.63, 3.8) is 0 Å². The van der Waals surface area contributed by atoms with Crippen LogP contribution in [0.5, 0.6) is 11.5 Å². The first kappa shape index (κ1) is 16.1. The van der Waals surface area contributed by atoms with Crippen LogP contribution in [0.25, 0.3) is 6.08 Å². The predicted octanol–water partition coefficient (Wildman–Crippen LogP) is 3.96. The van der Waals surface area contributed by atoms with Crippen LogP contribution in [0, 0.1) is 5.82 Å². The molecule has 1 fully saturated rings. The van der Waals surface area contributed by atoms with Crippen molar-refractivity contribution in [2.24, 2.45) is 0 Å². The molecule has 0 N–H and O–H groups in total. The fourth-order valence-electron chi connectivity index (χ4n) is 2.56. The molecule has 2 aliphatic rings. The van der Waals surface area contributed by atoms with Crippen molar-refractivity contribution in [2.75, 3.05) is 6.79 Å². The largest absolute Gasteiger partial charge is 0.454 e. The number of hydrogen-bond donors (Lipinski definition) is 0. The Balaban J connectivity index is 1.55. The second kappa shape index (κ2) is 6.50. The average molecular weight is 373 g/mol. The summed E-state index contributed by atoms with van der Waals surface area (Å²) in [6.45, 7) is 0.530. The minimum Gasteiger partial charge on any atom is -0.454 e.